The van der Waals surface area contributed by atoms with Crippen LogP contribution in [0.2, 0.25) is 0 Å². The van der Waals surface area contributed by atoms with E-state index in [4.69, 9.17) is 5.26 Å². The van der Waals surface area contributed by atoms with Crippen molar-refractivity contribution in [3.8, 4) is 6.07 Å². The van der Waals surface area contributed by atoms with Crippen molar-refractivity contribution in [1.82, 2.24) is 5.32 Å². The Labute approximate surface area is 101 Å². The van der Waals surface area contributed by atoms with Crippen molar-refractivity contribution in [2.45, 2.75) is 25.8 Å². The van der Waals surface area contributed by atoms with E-state index >= 15 is 0 Å². The zero-order chi connectivity index (χ0) is 12.3. The number of carbonyl (C=O) groups excluding carboxylic acids is 1. The fraction of sp³-hybridized carbons (Fsp3) is 0.385. The second-order valence-corrected chi connectivity index (χ2v) is 4.31. The first-order valence-electron chi connectivity index (χ1n) is 5.73. The van der Waals surface area contributed by atoms with Crippen LogP contribution in [-0.2, 0) is 4.79 Å². The molecule has 0 radical (unpaired) electrons. The van der Waals surface area contributed by atoms with Crippen LogP contribution < -0.4 is 10.6 Å². The lowest BCUT2D eigenvalue weighted by molar-refractivity contribution is -0.115. The van der Waals surface area contributed by atoms with E-state index < -0.39 is 0 Å². The number of nitrogens with zero attached hydrogens (tertiary/aromatic N) is 1. The molecule has 0 unspecified atom stereocenters. The van der Waals surface area contributed by atoms with E-state index in [-0.39, 0.29) is 5.91 Å². The lowest BCUT2D eigenvalue weighted by Crippen LogP contribution is -2.29. The van der Waals surface area contributed by atoms with Crippen LogP contribution in [0.5, 0.6) is 0 Å². The SMILES string of the molecule is Cc1cccc(NC(=O)CNC2CC2)c1C#N. The first-order chi connectivity index (χ1) is 8.20. The van der Waals surface area contributed by atoms with Crippen LogP contribution >= 0.6 is 0 Å². The molecule has 1 amide bonds. The molecule has 2 N–H and O–H groups in total. The molecule has 0 aromatic heterocycles. The topological polar surface area (TPSA) is 64.9 Å². The summed E-state index contributed by atoms with van der Waals surface area (Å²) >= 11 is 0. The van der Waals surface area contributed by atoms with Crippen LogP contribution in [-0.4, -0.2) is 18.5 Å². The predicted molar refractivity (Wildman–Crippen MR) is 65.5 cm³/mol. The number of amides is 1. The summed E-state index contributed by atoms with van der Waals surface area (Å²) in [5, 5.41) is 14.9. The quantitative estimate of drug-likeness (QED) is 0.823. The van der Waals surface area contributed by atoms with E-state index in [1.54, 1.807) is 6.07 Å². The molecule has 1 aliphatic rings. The number of rotatable bonds is 4. The standard InChI is InChI=1S/C13H15N3O/c1-9-3-2-4-12(11(9)7-14)16-13(17)8-15-10-5-6-10/h2-4,10,15H,5-6,8H2,1H3,(H,16,17). The van der Waals surface area contributed by atoms with Gasteiger partial charge in [0.05, 0.1) is 17.8 Å². The third-order valence-electron chi connectivity index (χ3n) is 2.79. The molecule has 1 aromatic carbocycles. The minimum atomic E-state index is -0.0981. The molecule has 1 saturated carbocycles. The number of hydrogen-bond donors (Lipinski definition) is 2. The Kier molecular flexibility index (Phi) is 3.40. The molecule has 4 nitrogen and oxygen atoms in total. The summed E-state index contributed by atoms with van der Waals surface area (Å²) in [5.41, 5.74) is 2.00. The van der Waals surface area contributed by atoms with Gasteiger partial charge in [0.2, 0.25) is 5.91 Å². The second-order valence-electron chi connectivity index (χ2n) is 4.31. The fourth-order valence-electron chi connectivity index (χ4n) is 1.64. The van der Waals surface area contributed by atoms with Gasteiger partial charge >= 0.3 is 0 Å². The van der Waals surface area contributed by atoms with Crippen LogP contribution in [0.15, 0.2) is 18.2 Å². The van der Waals surface area contributed by atoms with E-state index in [0.29, 0.717) is 23.8 Å². The van der Waals surface area contributed by atoms with E-state index in [1.165, 1.54) is 0 Å². The highest BCUT2D eigenvalue weighted by atomic mass is 16.1. The van der Waals surface area contributed by atoms with Gasteiger partial charge in [-0.2, -0.15) is 5.26 Å². The van der Waals surface area contributed by atoms with Crippen LogP contribution in [0, 0.1) is 18.3 Å². The molecule has 17 heavy (non-hydrogen) atoms. The number of benzene rings is 1. The summed E-state index contributed by atoms with van der Waals surface area (Å²) in [5.74, 6) is -0.0981. The number of anilines is 1. The summed E-state index contributed by atoms with van der Waals surface area (Å²) < 4.78 is 0. The third kappa shape index (κ3) is 3.05. The van der Waals surface area contributed by atoms with Gasteiger partial charge in [0, 0.05) is 6.04 Å². The molecule has 1 aliphatic carbocycles. The zero-order valence-corrected chi connectivity index (χ0v) is 9.79. The molecular formula is C13H15N3O. The first-order valence-corrected chi connectivity index (χ1v) is 5.73. The molecule has 0 heterocycles. The lowest BCUT2D eigenvalue weighted by Gasteiger charge is -2.09. The number of hydrogen-bond acceptors (Lipinski definition) is 3. The van der Waals surface area contributed by atoms with Crippen molar-refractivity contribution in [3.05, 3.63) is 29.3 Å². The fourth-order valence-corrected chi connectivity index (χ4v) is 1.64. The molecule has 0 bridgehead atoms. The number of nitriles is 1. The second kappa shape index (κ2) is 4.98. The van der Waals surface area contributed by atoms with E-state index in [1.807, 2.05) is 19.1 Å². The predicted octanol–water partition coefficient (Wildman–Crippen LogP) is 1.56. The van der Waals surface area contributed by atoms with Gasteiger partial charge in [-0.05, 0) is 31.4 Å². The van der Waals surface area contributed by atoms with Crippen molar-refractivity contribution in [2.75, 3.05) is 11.9 Å². The van der Waals surface area contributed by atoms with Gasteiger partial charge in [-0.15, -0.1) is 0 Å². The van der Waals surface area contributed by atoms with Gasteiger partial charge < -0.3 is 10.6 Å². The maximum atomic E-state index is 11.6. The Morgan fingerprint density at radius 1 is 1.53 bits per heavy atom. The van der Waals surface area contributed by atoms with Gasteiger partial charge in [0.1, 0.15) is 6.07 Å². The first kappa shape index (κ1) is 11.6. The van der Waals surface area contributed by atoms with Gasteiger partial charge in [-0.3, -0.25) is 4.79 Å². The minimum Gasteiger partial charge on any atom is -0.324 e. The molecular weight excluding hydrogens is 214 g/mol. The molecule has 1 fully saturated rings. The largest absolute Gasteiger partial charge is 0.324 e. The highest BCUT2D eigenvalue weighted by Crippen LogP contribution is 2.19. The Morgan fingerprint density at radius 2 is 2.29 bits per heavy atom. The van der Waals surface area contributed by atoms with Gasteiger partial charge in [0.25, 0.3) is 0 Å². The highest BCUT2D eigenvalue weighted by molar-refractivity contribution is 5.93. The molecule has 0 atom stereocenters. The normalized spacial score (nSPS) is 14.1. The van der Waals surface area contributed by atoms with Crippen LogP contribution in [0.3, 0.4) is 0 Å². The lowest BCUT2D eigenvalue weighted by atomic mass is 10.1. The molecule has 0 saturated heterocycles. The van der Waals surface area contributed by atoms with E-state index in [2.05, 4.69) is 16.7 Å². The summed E-state index contributed by atoms with van der Waals surface area (Å²) in [7, 11) is 0. The Bertz CT molecular complexity index is 472. The summed E-state index contributed by atoms with van der Waals surface area (Å²) in [6.07, 6.45) is 2.31. The average Bonchev–Trinajstić information content (AvgIpc) is 3.10. The monoisotopic (exact) mass is 229 g/mol. The maximum Gasteiger partial charge on any atom is 0.238 e. The van der Waals surface area contributed by atoms with Crippen LogP contribution in [0.1, 0.15) is 24.0 Å². The van der Waals surface area contributed by atoms with Gasteiger partial charge in [-0.25, -0.2) is 0 Å². The third-order valence-corrected chi connectivity index (χ3v) is 2.79. The molecule has 0 spiro atoms. The summed E-state index contributed by atoms with van der Waals surface area (Å²) in [6.45, 7) is 2.17. The van der Waals surface area contributed by atoms with Crippen LogP contribution in [0.25, 0.3) is 0 Å². The smallest absolute Gasteiger partial charge is 0.238 e. The number of aryl methyl sites for hydroxylation is 1. The van der Waals surface area contributed by atoms with E-state index in [0.717, 1.165) is 18.4 Å². The summed E-state index contributed by atoms with van der Waals surface area (Å²) in [6, 6.07) is 8.06. The van der Waals surface area contributed by atoms with Gasteiger partial charge in [0.15, 0.2) is 0 Å². The van der Waals surface area contributed by atoms with Crippen molar-refractivity contribution in [3.63, 3.8) is 0 Å². The van der Waals surface area contributed by atoms with Crippen LogP contribution in [0.4, 0.5) is 5.69 Å². The Balaban J connectivity index is 1.99. The van der Waals surface area contributed by atoms with Crippen molar-refractivity contribution >= 4 is 11.6 Å². The molecule has 4 heteroatoms. The molecule has 0 aliphatic heterocycles. The highest BCUT2D eigenvalue weighted by Gasteiger charge is 2.21. The van der Waals surface area contributed by atoms with Gasteiger partial charge in [-0.1, -0.05) is 12.1 Å². The van der Waals surface area contributed by atoms with Crippen molar-refractivity contribution < 1.29 is 4.79 Å². The Hall–Kier alpha value is -1.86. The van der Waals surface area contributed by atoms with Crippen molar-refractivity contribution in [1.29, 1.82) is 5.26 Å². The average molecular weight is 229 g/mol. The molecule has 1 aromatic rings. The number of nitrogens with one attached hydrogen (secondary N) is 2. The van der Waals surface area contributed by atoms with Crippen molar-refractivity contribution in [2.24, 2.45) is 0 Å². The summed E-state index contributed by atoms with van der Waals surface area (Å²) in [4.78, 5) is 11.6. The maximum absolute atomic E-state index is 11.6. The minimum absolute atomic E-state index is 0.0981. The molecule has 2 rings (SSSR count). The number of carbonyl (C=O) groups is 1. The molecule has 88 valence electrons. The zero-order valence-electron chi connectivity index (χ0n) is 9.79. The Morgan fingerprint density at radius 3 is 2.94 bits per heavy atom. The van der Waals surface area contributed by atoms with E-state index in [9.17, 15) is 4.79 Å².